The standard InChI is InChI=1S/C22H18ClFN2O2/c23-19-14-18(10-11-20(19)24)26-22(28)16-7-4-8-17(13-16)25-21(27)12-9-15-5-2-1-3-6-15/h1-8,10-11,13-14H,9,12H2,(H,25,27)(H,26,28). The van der Waals surface area contributed by atoms with Crippen molar-refractivity contribution in [3.63, 3.8) is 0 Å². The molecule has 28 heavy (non-hydrogen) atoms. The highest BCUT2D eigenvalue weighted by Gasteiger charge is 2.10. The molecule has 0 saturated carbocycles. The molecule has 0 bridgehead atoms. The first-order valence-corrected chi connectivity index (χ1v) is 9.09. The van der Waals surface area contributed by atoms with E-state index in [0.717, 1.165) is 5.56 Å². The normalized spacial score (nSPS) is 10.4. The number of carbonyl (C=O) groups excluding carboxylic acids is 2. The van der Waals surface area contributed by atoms with Gasteiger partial charge >= 0.3 is 0 Å². The number of carbonyl (C=O) groups is 2. The summed E-state index contributed by atoms with van der Waals surface area (Å²) in [5, 5.41) is 5.38. The van der Waals surface area contributed by atoms with Gasteiger partial charge in [-0.2, -0.15) is 0 Å². The Morgan fingerprint density at radius 2 is 1.61 bits per heavy atom. The van der Waals surface area contributed by atoms with Crippen LogP contribution in [0.1, 0.15) is 22.3 Å². The Kier molecular flexibility index (Phi) is 6.40. The summed E-state index contributed by atoms with van der Waals surface area (Å²) >= 11 is 5.73. The van der Waals surface area contributed by atoms with Crippen LogP contribution in [0.25, 0.3) is 0 Å². The molecule has 0 aromatic heterocycles. The van der Waals surface area contributed by atoms with E-state index in [2.05, 4.69) is 10.6 Å². The van der Waals surface area contributed by atoms with Gasteiger partial charge in [0.25, 0.3) is 5.91 Å². The molecule has 2 amide bonds. The average molecular weight is 397 g/mol. The van der Waals surface area contributed by atoms with Crippen LogP contribution in [0.4, 0.5) is 15.8 Å². The van der Waals surface area contributed by atoms with E-state index in [1.165, 1.54) is 18.2 Å². The first kappa shape index (κ1) is 19.6. The minimum atomic E-state index is -0.556. The number of nitrogens with one attached hydrogen (secondary N) is 2. The SMILES string of the molecule is O=C(CCc1ccccc1)Nc1cccc(C(=O)Nc2ccc(F)c(Cl)c2)c1. The van der Waals surface area contributed by atoms with Crippen molar-refractivity contribution >= 4 is 34.8 Å². The number of anilines is 2. The number of halogens is 2. The van der Waals surface area contributed by atoms with Crippen LogP contribution in [0.15, 0.2) is 72.8 Å². The van der Waals surface area contributed by atoms with Crippen molar-refractivity contribution in [3.8, 4) is 0 Å². The number of rotatable bonds is 6. The summed E-state index contributed by atoms with van der Waals surface area (Å²) < 4.78 is 13.2. The van der Waals surface area contributed by atoms with Gasteiger partial charge in [0.2, 0.25) is 5.91 Å². The fraction of sp³-hybridized carbons (Fsp3) is 0.0909. The van der Waals surface area contributed by atoms with E-state index < -0.39 is 5.82 Å². The van der Waals surface area contributed by atoms with E-state index in [9.17, 15) is 14.0 Å². The van der Waals surface area contributed by atoms with Crippen LogP contribution in [0.3, 0.4) is 0 Å². The molecule has 0 unspecified atom stereocenters. The van der Waals surface area contributed by atoms with Gasteiger partial charge in [0.1, 0.15) is 5.82 Å². The third-order valence-corrected chi connectivity index (χ3v) is 4.36. The zero-order chi connectivity index (χ0) is 19.9. The second-order valence-electron chi connectivity index (χ2n) is 6.20. The highest BCUT2D eigenvalue weighted by Crippen LogP contribution is 2.20. The molecule has 6 heteroatoms. The number of amides is 2. The summed E-state index contributed by atoms with van der Waals surface area (Å²) in [4.78, 5) is 24.6. The van der Waals surface area contributed by atoms with E-state index >= 15 is 0 Å². The summed E-state index contributed by atoms with van der Waals surface area (Å²) in [5.41, 5.74) is 2.36. The predicted molar refractivity (Wildman–Crippen MR) is 109 cm³/mol. The van der Waals surface area contributed by atoms with E-state index in [1.807, 2.05) is 30.3 Å². The van der Waals surface area contributed by atoms with Crippen molar-refractivity contribution in [2.75, 3.05) is 10.6 Å². The fourth-order valence-electron chi connectivity index (χ4n) is 2.64. The molecule has 3 aromatic carbocycles. The minimum Gasteiger partial charge on any atom is -0.326 e. The second-order valence-corrected chi connectivity index (χ2v) is 6.60. The molecular weight excluding hydrogens is 379 g/mol. The van der Waals surface area contributed by atoms with Crippen molar-refractivity contribution in [2.24, 2.45) is 0 Å². The third-order valence-electron chi connectivity index (χ3n) is 4.07. The van der Waals surface area contributed by atoms with E-state index in [0.29, 0.717) is 29.8 Å². The van der Waals surface area contributed by atoms with Crippen LogP contribution in [-0.2, 0) is 11.2 Å². The molecule has 0 spiro atoms. The number of hydrogen-bond donors (Lipinski definition) is 2. The van der Waals surface area contributed by atoms with Crippen LogP contribution in [0.5, 0.6) is 0 Å². The summed E-state index contributed by atoms with van der Waals surface area (Å²) in [5.74, 6) is -1.07. The highest BCUT2D eigenvalue weighted by molar-refractivity contribution is 6.31. The monoisotopic (exact) mass is 396 g/mol. The minimum absolute atomic E-state index is 0.0720. The molecule has 0 heterocycles. The Morgan fingerprint density at radius 1 is 0.857 bits per heavy atom. The Balaban J connectivity index is 1.60. The van der Waals surface area contributed by atoms with E-state index in [-0.39, 0.29) is 16.8 Å². The summed E-state index contributed by atoms with van der Waals surface area (Å²) in [6.07, 6.45) is 0.979. The third kappa shape index (κ3) is 5.41. The summed E-state index contributed by atoms with van der Waals surface area (Å²) in [7, 11) is 0. The quantitative estimate of drug-likeness (QED) is 0.593. The van der Waals surface area contributed by atoms with Gasteiger partial charge in [-0.3, -0.25) is 9.59 Å². The van der Waals surface area contributed by atoms with Crippen molar-refractivity contribution in [1.82, 2.24) is 0 Å². The van der Waals surface area contributed by atoms with Crippen molar-refractivity contribution in [2.45, 2.75) is 12.8 Å². The highest BCUT2D eigenvalue weighted by atomic mass is 35.5. The van der Waals surface area contributed by atoms with Crippen LogP contribution in [-0.4, -0.2) is 11.8 Å². The van der Waals surface area contributed by atoms with Crippen LogP contribution in [0.2, 0.25) is 5.02 Å². The molecule has 0 atom stereocenters. The maximum atomic E-state index is 13.2. The molecule has 0 aliphatic carbocycles. The zero-order valence-electron chi connectivity index (χ0n) is 14.9. The van der Waals surface area contributed by atoms with Gasteiger partial charge in [-0.05, 0) is 48.4 Å². The summed E-state index contributed by atoms with van der Waals surface area (Å²) in [6.45, 7) is 0. The maximum absolute atomic E-state index is 13.2. The molecule has 2 N–H and O–H groups in total. The first-order valence-electron chi connectivity index (χ1n) is 8.71. The molecule has 3 aromatic rings. The summed E-state index contributed by atoms with van der Waals surface area (Å²) in [6, 6.07) is 20.3. The largest absolute Gasteiger partial charge is 0.326 e. The molecule has 0 radical (unpaired) electrons. The lowest BCUT2D eigenvalue weighted by Gasteiger charge is -2.09. The van der Waals surface area contributed by atoms with Crippen molar-refractivity contribution in [1.29, 1.82) is 0 Å². The van der Waals surface area contributed by atoms with Gasteiger partial charge in [-0.15, -0.1) is 0 Å². The van der Waals surface area contributed by atoms with Crippen molar-refractivity contribution < 1.29 is 14.0 Å². The first-order chi connectivity index (χ1) is 13.5. The maximum Gasteiger partial charge on any atom is 0.255 e. The van der Waals surface area contributed by atoms with Crippen LogP contribution < -0.4 is 10.6 Å². The fourth-order valence-corrected chi connectivity index (χ4v) is 2.82. The molecule has 0 aliphatic rings. The number of aryl methyl sites for hydroxylation is 1. The topological polar surface area (TPSA) is 58.2 Å². The Hall–Kier alpha value is -3.18. The molecule has 142 valence electrons. The smallest absolute Gasteiger partial charge is 0.255 e. The second kappa shape index (κ2) is 9.15. The van der Waals surface area contributed by atoms with Gasteiger partial charge in [-0.25, -0.2) is 4.39 Å². The Morgan fingerprint density at radius 3 is 2.36 bits per heavy atom. The lowest BCUT2D eigenvalue weighted by Crippen LogP contribution is -2.15. The molecule has 0 saturated heterocycles. The lowest BCUT2D eigenvalue weighted by atomic mass is 10.1. The van der Waals surface area contributed by atoms with Gasteiger partial charge in [-0.1, -0.05) is 48.0 Å². The number of hydrogen-bond acceptors (Lipinski definition) is 2. The Labute approximate surface area is 167 Å². The number of benzene rings is 3. The van der Waals surface area contributed by atoms with Gasteiger partial charge in [0.05, 0.1) is 5.02 Å². The lowest BCUT2D eigenvalue weighted by molar-refractivity contribution is -0.116. The molecular formula is C22H18ClFN2O2. The van der Waals surface area contributed by atoms with Crippen molar-refractivity contribution in [3.05, 3.63) is 94.8 Å². The Bertz CT molecular complexity index is 993. The van der Waals surface area contributed by atoms with E-state index in [4.69, 9.17) is 11.6 Å². The predicted octanol–water partition coefficient (Wildman–Crippen LogP) is 5.30. The van der Waals surface area contributed by atoms with Gasteiger partial charge < -0.3 is 10.6 Å². The van der Waals surface area contributed by atoms with Gasteiger partial charge in [0, 0.05) is 23.4 Å². The zero-order valence-corrected chi connectivity index (χ0v) is 15.7. The van der Waals surface area contributed by atoms with E-state index in [1.54, 1.807) is 24.3 Å². The molecule has 0 fully saturated rings. The van der Waals surface area contributed by atoms with Gasteiger partial charge in [0.15, 0.2) is 0 Å². The average Bonchev–Trinajstić information content (AvgIpc) is 2.70. The molecule has 4 nitrogen and oxygen atoms in total. The van der Waals surface area contributed by atoms with Crippen LogP contribution in [0, 0.1) is 5.82 Å². The van der Waals surface area contributed by atoms with Crippen LogP contribution >= 0.6 is 11.6 Å². The molecule has 0 aliphatic heterocycles. The molecule has 3 rings (SSSR count).